The number of hydrogen-bond donors (Lipinski definition) is 3. The molecule has 1 fully saturated rings. The molecule has 3 atom stereocenters. The molecule has 9 heteroatoms. The number of rotatable bonds is 6. The molecule has 1 saturated heterocycles. The lowest BCUT2D eigenvalue weighted by atomic mass is 9.90. The quantitative estimate of drug-likeness (QED) is 0.481. The first-order chi connectivity index (χ1) is 17.9. The van der Waals surface area contributed by atoms with Crippen molar-refractivity contribution in [3.05, 3.63) is 64.8 Å². The molecule has 0 bridgehead atoms. The van der Waals surface area contributed by atoms with Crippen molar-refractivity contribution in [2.75, 3.05) is 20.2 Å². The Balaban J connectivity index is 1.46. The summed E-state index contributed by atoms with van der Waals surface area (Å²) in [6.07, 6.45) is 1.48. The van der Waals surface area contributed by atoms with Crippen LogP contribution in [0.25, 0.3) is 10.9 Å². The molecular weight excluding hydrogens is 470 g/mol. The number of nitriles is 1. The van der Waals surface area contributed by atoms with Crippen LogP contribution in [0.1, 0.15) is 46.1 Å². The highest BCUT2D eigenvalue weighted by Crippen LogP contribution is 2.33. The van der Waals surface area contributed by atoms with Gasteiger partial charge in [-0.05, 0) is 55.5 Å². The number of hydrogen-bond acceptors (Lipinski definition) is 5. The highest BCUT2D eigenvalue weighted by molar-refractivity contribution is 6.02. The Morgan fingerprint density at radius 3 is 2.84 bits per heavy atom. The third-order valence-electron chi connectivity index (χ3n) is 7.27. The number of benzene rings is 2. The van der Waals surface area contributed by atoms with Crippen LogP contribution in [0.15, 0.2) is 42.5 Å². The average molecular weight is 500 g/mol. The van der Waals surface area contributed by atoms with E-state index in [1.165, 1.54) is 0 Å². The summed E-state index contributed by atoms with van der Waals surface area (Å²) < 4.78 is 5.43. The molecular formula is C28H29N5O4. The molecule has 0 radical (unpaired) electrons. The standard InChI is InChI=1S/C28H29N5O4/c1-16-6-7-20-17(12-16)9-11-33(28(36)23-14-21-22(32-23)4-3-5-24(21)37-2)25(20)27(35)31-19(15-29)13-18-8-10-30-26(18)34/h3-7,12,14,18-19,25,32H,8-11,13H2,1-2H3,(H,30,34)(H,31,35). The Kier molecular flexibility index (Phi) is 6.57. The van der Waals surface area contributed by atoms with Crippen molar-refractivity contribution in [1.29, 1.82) is 5.26 Å². The van der Waals surface area contributed by atoms with Gasteiger partial charge in [0.2, 0.25) is 11.8 Å². The van der Waals surface area contributed by atoms with Crippen LogP contribution < -0.4 is 15.4 Å². The van der Waals surface area contributed by atoms with Crippen molar-refractivity contribution >= 4 is 28.6 Å². The van der Waals surface area contributed by atoms with Crippen molar-refractivity contribution in [1.82, 2.24) is 20.5 Å². The molecule has 3 unspecified atom stereocenters. The molecule has 37 heavy (non-hydrogen) atoms. The van der Waals surface area contributed by atoms with Crippen molar-refractivity contribution in [3.8, 4) is 11.8 Å². The van der Waals surface area contributed by atoms with Gasteiger partial charge in [-0.15, -0.1) is 0 Å². The topological polar surface area (TPSA) is 127 Å². The summed E-state index contributed by atoms with van der Waals surface area (Å²) in [4.78, 5) is 44.2. The molecule has 5 rings (SSSR count). The summed E-state index contributed by atoms with van der Waals surface area (Å²) in [7, 11) is 1.58. The highest BCUT2D eigenvalue weighted by Gasteiger charge is 2.38. The molecule has 2 aliphatic heterocycles. The Hall–Kier alpha value is -4.32. The first-order valence-corrected chi connectivity index (χ1v) is 12.4. The van der Waals surface area contributed by atoms with Gasteiger partial charge in [0.05, 0.1) is 13.2 Å². The zero-order valence-electron chi connectivity index (χ0n) is 20.8. The van der Waals surface area contributed by atoms with Gasteiger partial charge in [0.25, 0.3) is 5.91 Å². The molecule has 3 amide bonds. The van der Waals surface area contributed by atoms with E-state index in [1.54, 1.807) is 18.1 Å². The zero-order valence-corrected chi connectivity index (χ0v) is 20.8. The third kappa shape index (κ3) is 4.62. The number of nitrogens with zero attached hydrogens (tertiary/aromatic N) is 2. The predicted molar refractivity (Wildman–Crippen MR) is 137 cm³/mol. The lowest BCUT2D eigenvalue weighted by Crippen LogP contribution is -2.49. The number of fused-ring (bicyclic) bond motifs is 2. The molecule has 3 aromatic rings. The van der Waals surface area contributed by atoms with Gasteiger partial charge in [-0.3, -0.25) is 14.4 Å². The average Bonchev–Trinajstić information content (AvgIpc) is 3.52. The number of ether oxygens (including phenoxy) is 1. The summed E-state index contributed by atoms with van der Waals surface area (Å²) in [6.45, 7) is 2.91. The zero-order chi connectivity index (χ0) is 26.1. The summed E-state index contributed by atoms with van der Waals surface area (Å²) in [6, 6.07) is 13.5. The van der Waals surface area contributed by atoms with Gasteiger partial charge in [0.1, 0.15) is 23.5 Å². The minimum atomic E-state index is -0.904. The molecule has 0 saturated carbocycles. The Labute approximate surface area is 214 Å². The maximum absolute atomic E-state index is 13.8. The normalized spacial score (nSPS) is 19.6. The fourth-order valence-corrected chi connectivity index (χ4v) is 5.38. The fourth-order valence-electron chi connectivity index (χ4n) is 5.38. The Morgan fingerprint density at radius 1 is 1.27 bits per heavy atom. The summed E-state index contributed by atoms with van der Waals surface area (Å²) in [5, 5.41) is 16.1. The van der Waals surface area contributed by atoms with E-state index in [9.17, 15) is 19.6 Å². The van der Waals surface area contributed by atoms with Crippen LogP contribution >= 0.6 is 0 Å². The molecule has 190 valence electrons. The van der Waals surface area contributed by atoms with Crippen LogP contribution in [0, 0.1) is 24.2 Å². The number of methoxy groups -OCH3 is 1. The molecule has 3 N–H and O–H groups in total. The lowest BCUT2D eigenvalue weighted by Gasteiger charge is -2.36. The molecule has 0 aliphatic carbocycles. The van der Waals surface area contributed by atoms with Gasteiger partial charge in [-0.25, -0.2) is 0 Å². The maximum Gasteiger partial charge on any atom is 0.271 e. The predicted octanol–water partition coefficient (Wildman–Crippen LogP) is 2.76. The number of aromatic amines is 1. The van der Waals surface area contributed by atoms with Crippen LogP contribution in [-0.2, 0) is 16.0 Å². The second-order valence-corrected chi connectivity index (χ2v) is 9.66. The second kappa shape index (κ2) is 9.97. The van der Waals surface area contributed by atoms with E-state index in [0.29, 0.717) is 37.4 Å². The van der Waals surface area contributed by atoms with Gasteiger partial charge < -0.3 is 25.3 Å². The number of H-pyrrole nitrogens is 1. The number of carbonyl (C=O) groups excluding carboxylic acids is 3. The second-order valence-electron chi connectivity index (χ2n) is 9.66. The first kappa shape index (κ1) is 24.4. The number of carbonyl (C=O) groups is 3. The van der Waals surface area contributed by atoms with Crippen LogP contribution in [-0.4, -0.2) is 53.8 Å². The van der Waals surface area contributed by atoms with Crippen LogP contribution in [0.2, 0.25) is 0 Å². The van der Waals surface area contributed by atoms with E-state index >= 15 is 0 Å². The SMILES string of the molecule is COc1cccc2[nH]c(C(=O)N3CCc4cc(C)ccc4C3C(=O)NC(C#N)CC3CCNC3=O)cc12. The first-order valence-electron chi connectivity index (χ1n) is 12.4. The molecule has 2 aromatic carbocycles. The van der Waals surface area contributed by atoms with E-state index in [1.807, 2.05) is 43.3 Å². The number of amides is 3. The molecule has 2 aliphatic rings. The molecule has 0 spiro atoms. The monoisotopic (exact) mass is 499 g/mol. The van der Waals surface area contributed by atoms with Crippen LogP contribution in [0.5, 0.6) is 5.75 Å². The summed E-state index contributed by atoms with van der Waals surface area (Å²) >= 11 is 0. The number of aryl methyl sites for hydroxylation is 1. The fraction of sp³-hybridized carbons (Fsp3) is 0.357. The van der Waals surface area contributed by atoms with Crippen molar-refractivity contribution in [2.45, 2.75) is 38.3 Å². The van der Waals surface area contributed by atoms with Crippen LogP contribution in [0.4, 0.5) is 0 Å². The van der Waals surface area contributed by atoms with E-state index in [0.717, 1.165) is 27.6 Å². The van der Waals surface area contributed by atoms with Crippen LogP contribution in [0.3, 0.4) is 0 Å². The van der Waals surface area contributed by atoms with E-state index in [4.69, 9.17) is 4.74 Å². The summed E-state index contributed by atoms with van der Waals surface area (Å²) in [5.41, 5.74) is 3.93. The molecule has 1 aromatic heterocycles. The van der Waals surface area contributed by atoms with Gasteiger partial charge >= 0.3 is 0 Å². The minimum absolute atomic E-state index is 0.0981. The molecule has 9 nitrogen and oxygen atoms in total. The minimum Gasteiger partial charge on any atom is -0.496 e. The summed E-state index contributed by atoms with van der Waals surface area (Å²) in [5.74, 6) is -0.510. The van der Waals surface area contributed by atoms with Gasteiger partial charge in [-0.2, -0.15) is 5.26 Å². The maximum atomic E-state index is 13.8. The van der Waals surface area contributed by atoms with E-state index in [-0.39, 0.29) is 24.2 Å². The Bertz CT molecular complexity index is 1420. The molecule has 3 heterocycles. The Morgan fingerprint density at radius 2 is 2.11 bits per heavy atom. The largest absolute Gasteiger partial charge is 0.496 e. The van der Waals surface area contributed by atoms with E-state index < -0.39 is 18.0 Å². The van der Waals surface area contributed by atoms with Gasteiger partial charge in [0.15, 0.2) is 0 Å². The van der Waals surface area contributed by atoms with Crippen molar-refractivity contribution in [3.63, 3.8) is 0 Å². The van der Waals surface area contributed by atoms with E-state index in [2.05, 4.69) is 21.7 Å². The van der Waals surface area contributed by atoms with Crippen molar-refractivity contribution < 1.29 is 19.1 Å². The third-order valence-corrected chi connectivity index (χ3v) is 7.27. The number of nitrogens with one attached hydrogen (secondary N) is 3. The lowest BCUT2D eigenvalue weighted by molar-refractivity contribution is -0.127. The smallest absolute Gasteiger partial charge is 0.271 e. The number of aromatic nitrogens is 1. The van der Waals surface area contributed by atoms with Gasteiger partial charge in [0, 0.05) is 29.9 Å². The highest BCUT2D eigenvalue weighted by atomic mass is 16.5. The van der Waals surface area contributed by atoms with Gasteiger partial charge in [-0.1, -0.05) is 29.8 Å². The van der Waals surface area contributed by atoms with Crippen molar-refractivity contribution in [2.24, 2.45) is 5.92 Å².